The molecule has 102 valence electrons. The molecule has 2 aromatic rings. The van der Waals surface area contributed by atoms with Gasteiger partial charge in [-0.25, -0.2) is 4.68 Å². The van der Waals surface area contributed by atoms with E-state index < -0.39 is 24.5 Å². The van der Waals surface area contributed by atoms with Crippen molar-refractivity contribution in [3.8, 4) is 0 Å². The molecule has 0 radical (unpaired) electrons. The molecule has 1 fully saturated rings. The van der Waals surface area contributed by atoms with Gasteiger partial charge in [0.05, 0.1) is 12.1 Å². The summed E-state index contributed by atoms with van der Waals surface area (Å²) in [5.41, 5.74) is 1.53. The number of hydrogen-bond acceptors (Lipinski definition) is 6. The van der Waals surface area contributed by atoms with E-state index in [1.54, 1.807) is 4.68 Å². The van der Waals surface area contributed by atoms with E-state index in [2.05, 4.69) is 10.3 Å². The zero-order chi connectivity index (χ0) is 13.4. The van der Waals surface area contributed by atoms with E-state index in [0.29, 0.717) is 0 Å². The number of methoxy groups -OCH3 is 1. The summed E-state index contributed by atoms with van der Waals surface area (Å²) in [7, 11) is 1.49. The standard InChI is InChI=1S/C12H15N3O4/c1-18-11-10(17)9(6-16)19-12(11)15-8-5-3-2-4-7(8)13-14-15/h2-5,9-12,16-17H,6H2,1H3/t9-,10-,11-,12-/m1/s1. The maximum Gasteiger partial charge on any atom is 0.181 e. The van der Waals surface area contributed by atoms with E-state index in [9.17, 15) is 10.2 Å². The molecule has 0 spiro atoms. The Morgan fingerprint density at radius 1 is 1.42 bits per heavy atom. The number of benzene rings is 1. The van der Waals surface area contributed by atoms with Gasteiger partial charge in [0.25, 0.3) is 0 Å². The normalized spacial score (nSPS) is 31.1. The SMILES string of the molecule is CO[C@@H]1[C@H](O)[C@@H](CO)O[C@H]1n1nnc2ccccc21. The second kappa shape index (κ2) is 4.86. The monoisotopic (exact) mass is 265 g/mol. The topological polar surface area (TPSA) is 89.6 Å². The Morgan fingerprint density at radius 2 is 2.21 bits per heavy atom. The molecule has 0 bridgehead atoms. The minimum absolute atomic E-state index is 0.274. The van der Waals surface area contributed by atoms with Crippen LogP contribution in [0.15, 0.2) is 24.3 Å². The van der Waals surface area contributed by atoms with Crippen molar-refractivity contribution in [1.82, 2.24) is 15.0 Å². The lowest BCUT2D eigenvalue weighted by Gasteiger charge is -2.18. The molecule has 2 N–H and O–H groups in total. The molecule has 2 heterocycles. The van der Waals surface area contributed by atoms with E-state index in [1.165, 1.54) is 7.11 Å². The summed E-state index contributed by atoms with van der Waals surface area (Å²) < 4.78 is 12.5. The average Bonchev–Trinajstić information content (AvgIpc) is 2.99. The van der Waals surface area contributed by atoms with Gasteiger partial charge in [-0.05, 0) is 12.1 Å². The summed E-state index contributed by atoms with van der Waals surface area (Å²) >= 11 is 0. The molecule has 7 nitrogen and oxygen atoms in total. The van der Waals surface area contributed by atoms with Crippen molar-refractivity contribution >= 4 is 11.0 Å². The van der Waals surface area contributed by atoms with Crippen molar-refractivity contribution in [2.45, 2.75) is 24.5 Å². The van der Waals surface area contributed by atoms with Crippen LogP contribution in [0.3, 0.4) is 0 Å². The van der Waals surface area contributed by atoms with E-state index in [-0.39, 0.29) is 6.61 Å². The van der Waals surface area contributed by atoms with Gasteiger partial charge in [-0.3, -0.25) is 0 Å². The minimum atomic E-state index is -0.900. The number of aliphatic hydroxyl groups excluding tert-OH is 2. The third-order valence-corrected chi connectivity index (χ3v) is 3.38. The summed E-state index contributed by atoms with van der Waals surface area (Å²) in [6, 6.07) is 7.45. The van der Waals surface area contributed by atoms with Crippen molar-refractivity contribution in [2.75, 3.05) is 13.7 Å². The molecule has 1 aromatic heterocycles. The van der Waals surface area contributed by atoms with Crippen molar-refractivity contribution in [3.05, 3.63) is 24.3 Å². The van der Waals surface area contributed by atoms with Crippen LogP contribution in [0, 0.1) is 0 Å². The van der Waals surface area contributed by atoms with Crippen LogP contribution in [-0.2, 0) is 9.47 Å². The predicted octanol–water partition coefficient (Wildman–Crippen LogP) is -0.303. The zero-order valence-corrected chi connectivity index (χ0v) is 10.4. The Kier molecular flexibility index (Phi) is 3.19. The quantitative estimate of drug-likeness (QED) is 0.791. The molecule has 0 aliphatic carbocycles. The second-order valence-corrected chi connectivity index (χ2v) is 4.46. The van der Waals surface area contributed by atoms with Crippen LogP contribution in [0.1, 0.15) is 6.23 Å². The van der Waals surface area contributed by atoms with Gasteiger partial charge in [-0.2, -0.15) is 0 Å². The molecule has 1 aromatic carbocycles. The number of ether oxygens (including phenoxy) is 2. The van der Waals surface area contributed by atoms with Gasteiger partial charge >= 0.3 is 0 Å². The van der Waals surface area contributed by atoms with Gasteiger partial charge < -0.3 is 19.7 Å². The van der Waals surface area contributed by atoms with E-state index in [1.807, 2.05) is 24.3 Å². The van der Waals surface area contributed by atoms with Gasteiger partial charge in [0, 0.05) is 7.11 Å². The fourth-order valence-corrected chi connectivity index (χ4v) is 2.40. The van der Waals surface area contributed by atoms with E-state index in [0.717, 1.165) is 11.0 Å². The first-order valence-electron chi connectivity index (χ1n) is 6.03. The van der Waals surface area contributed by atoms with Crippen LogP contribution in [0.25, 0.3) is 11.0 Å². The van der Waals surface area contributed by atoms with Gasteiger partial charge in [-0.1, -0.05) is 17.3 Å². The predicted molar refractivity (Wildman–Crippen MR) is 65.3 cm³/mol. The Balaban J connectivity index is 2.01. The van der Waals surface area contributed by atoms with E-state index in [4.69, 9.17) is 9.47 Å². The van der Waals surface area contributed by atoms with Gasteiger partial charge in [0.15, 0.2) is 6.23 Å². The first-order chi connectivity index (χ1) is 9.26. The fourth-order valence-electron chi connectivity index (χ4n) is 2.40. The van der Waals surface area contributed by atoms with Crippen LogP contribution in [-0.4, -0.2) is 57.2 Å². The van der Waals surface area contributed by atoms with Crippen molar-refractivity contribution in [3.63, 3.8) is 0 Å². The Bertz CT molecular complexity index is 573. The molecule has 3 rings (SSSR count). The Hall–Kier alpha value is -1.54. The average molecular weight is 265 g/mol. The lowest BCUT2D eigenvalue weighted by Crippen LogP contribution is -2.34. The maximum atomic E-state index is 10.0. The van der Waals surface area contributed by atoms with Gasteiger partial charge in [0.2, 0.25) is 0 Å². The molecule has 1 saturated heterocycles. The van der Waals surface area contributed by atoms with Crippen LogP contribution in [0.4, 0.5) is 0 Å². The number of aromatic nitrogens is 3. The van der Waals surface area contributed by atoms with E-state index >= 15 is 0 Å². The number of hydrogen-bond donors (Lipinski definition) is 2. The van der Waals surface area contributed by atoms with Crippen molar-refractivity contribution < 1.29 is 19.7 Å². The second-order valence-electron chi connectivity index (χ2n) is 4.46. The molecule has 4 atom stereocenters. The molecular formula is C12H15N3O4. The molecule has 19 heavy (non-hydrogen) atoms. The van der Waals surface area contributed by atoms with Crippen LogP contribution in [0.5, 0.6) is 0 Å². The molecule has 0 saturated carbocycles. The molecule has 0 unspecified atom stereocenters. The summed E-state index contributed by atoms with van der Waals surface area (Å²) in [6.07, 6.45) is -2.78. The largest absolute Gasteiger partial charge is 0.394 e. The Morgan fingerprint density at radius 3 is 2.95 bits per heavy atom. The summed E-state index contributed by atoms with van der Waals surface area (Å²) in [5, 5.41) is 27.3. The highest BCUT2D eigenvalue weighted by atomic mass is 16.6. The number of rotatable bonds is 3. The van der Waals surface area contributed by atoms with Crippen molar-refractivity contribution in [2.24, 2.45) is 0 Å². The highest BCUT2D eigenvalue weighted by Gasteiger charge is 2.45. The lowest BCUT2D eigenvalue weighted by atomic mass is 10.1. The maximum absolute atomic E-state index is 10.0. The molecule has 7 heteroatoms. The summed E-state index contributed by atoms with van der Waals surface area (Å²) in [6.45, 7) is -0.274. The molecule has 0 amide bonds. The number of fused-ring (bicyclic) bond motifs is 1. The summed E-state index contributed by atoms with van der Waals surface area (Å²) in [5.74, 6) is 0. The van der Waals surface area contributed by atoms with Gasteiger partial charge in [-0.15, -0.1) is 5.10 Å². The fraction of sp³-hybridized carbons (Fsp3) is 0.500. The van der Waals surface area contributed by atoms with Crippen LogP contribution >= 0.6 is 0 Å². The number of aliphatic hydroxyl groups is 2. The van der Waals surface area contributed by atoms with Crippen LogP contribution in [0.2, 0.25) is 0 Å². The minimum Gasteiger partial charge on any atom is -0.394 e. The highest BCUT2D eigenvalue weighted by Crippen LogP contribution is 2.32. The molecular weight excluding hydrogens is 250 g/mol. The van der Waals surface area contributed by atoms with Gasteiger partial charge in [0.1, 0.15) is 23.8 Å². The zero-order valence-electron chi connectivity index (χ0n) is 10.4. The van der Waals surface area contributed by atoms with Crippen LogP contribution < -0.4 is 0 Å². The molecule has 1 aliphatic rings. The molecule has 1 aliphatic heterocycles. The van der Waals surface area contributed by atoms with Crippen molar-refractivity contribution in [1.29, 1.82) is 0 Å². The lowest BCUT2D eigenvalue weighted by molar-refractivity contribution is -0.0648. The Labute approximate surface area is 109 Å². The first kappa shape index (κ1) is 12.5. The number of para-hydroxylation sites is 1. The highest BCUT2D eigenvalue weighted by molar-refractivity contribution is 5.73. The summed E-state index contributed by atoms with van der Waals surface area (Å²) in [4.78, 5) is 0. The smallest absolute Gasteiger partial charge is 0.181 e. The third kappa shape index (κ3) is 1.91. The number of nitrogens with zero attached hydrogens (tertiary/aromatic N) is 3. The third-order valence-electron chi connectivity index (χ3n) is 3.38. The first-order valence-corrected chi connectivity index (χ1v) is 6.03.